The van der Waals surface area contributed by atoms with Crippen molar-refractivity contribution in [3.63, 3.8) is 0 Å². The molecule has 0 radical (unpaired) electrons. The first kappa shape index (κ1) is 14.7. The highest BCUT2D eigenvalue weighted by Gasteiger charge is 2.42. The number of thioether (sulfide) groups is 1. The number of carboxylic acid groups (broad SMARTS) is 1. The second-order valence-electron chi connectivity index (χ2n) is 5.46. The van der Waals surface area contributed by atoms with Gasteiger partial charge in [-0.2, -0.15) is 11.8 Å². The number of aliphatic carboxylic acids is 1. The van der Waals surface area contributed by atoms with Gasteiger partial charge in [0, 0.05) is 15.9 Å². The molecule has 1 unspecified atom stereocenters. The highest BCUT2D eigenvalue weighted by molar-refractivity contribution is 8.00. The predicted octanol–water partition coefficient (Wildman–Crippen LogP) is 2.25. The molecule has 0 aromatic carbocycles. The number of nitrogens with one attached hydrogen (secondary N) is 2. The molecule has 2 aliphatic rings. The first-order chi connectivity index (χ1) is 10.1. The van der Waals surface area contributed by atoms with Crippen molar-refractivity contribution in [3.8, 4) is 0 Å². The van der Waals surface area contributed by atoms with E-state index in [4.69, 9.17) is 0 Å². The molecule has 2 fully saturated rings. The van der Waals surface area contributed by atoms with E-state index in [9.17, 15) is 14.7 Å². The van der Waals surface area contributed by atoms with E-state index in [0.29, 0.717) is 11.7 Å². The minimum Gasteiger partial charge on any atom is -0.481 e. The summed E-state index contributed by atoms with van der Waals surface area (Å²) in [5.74, 6) is -0.199. The van der Waals surface area contributed by atoms with E-state index in [0.717, 1.165) is 23.5 Å². The lowest BCUT2D eigenvalue weighted by molar-refractivity contribution is -0.138. The average Bonchev–Trinajstić information content (AvgIpc) is 3.12. The zero-order valence-electron chi connectivity index (χ0n) is 11.5. The van der Waals surface area contributed by atoms with Crippen molar-refractivity contribution in [3.05, 3.63) is 22.4 Å². The van der Waals surface area contributed by atoms with Crippen LogP contribution in [0.3, 0.4) is 0 Å². The molecule has 2 amide bonds. The van der Waals surface area contributed by atoms with Crippen LogP contribution in [0.15, 0.2) is 17.5 Å². The number of hydrogen-bond acceptors (Lipinski definition) is 4. The van der Waals surface area contributed by atoms with Gasteiger partial charge in [-0.25, -0.2) is 4.79 Å². The summed E-state index contributed by atoms with van der Waals surface area (Å²) in [6.45, 7) is 0. The molecule has 114 valence electrons. The Morgan fingerprint density at radius 2 is 2.33 bits per heavy atom. The summed E-state index contributed by atoms with van der Waals surface area (Å²) in [7, 11) is 0. The van der Waals surface area contributed by atoms with Crippen LogP contribution >= 0.6 is 23.1 Å². The Hall–Kier alpha value is -1.21. The number of hydrogen-bond donors (Lipinski definition) is 3. The Labute approximate surface area is 131 Å². The zero-order valence-corrected chi connectivity index (χ0v) is 13.1. The van der Waals surface area contributed by atoms with Crippen LogP contribution in [-0.2, 0) is 4.79 Å². The van der Waals surface area contributed by atoms with Crippen LogP contribution in [0, 0.1) is 0 Å². The summed E-state index contributed by atoms with van der Waals surface area (Å²) < 4.78 is 0. The number of thiophene rings is 1. The summed E-state index contributed by atoms with van der Waals surface area (Å²) >= 11 is 3.38. The molecule has 0 saturated carbocycles. The van der Waals surface area contributed by atoms with Gasteiger partial charge in [-0.3, -0.25) is 4.79 Å². The number of rotatable bonds is 6. The molecule has 5 nitrogen and oxygen atoms in total. The third-order valence-electron chi connectivity index (χ3n) is 4.10. The number of amides is 2. The van der Waals surface area contributed by atoms with Crippen LogP contribution < -0.4 is 10.6 Å². The number of carbonyl (C=O) groups is 2. The SMILES string of the molecule is O=C1N[C@H]2[C@H](CS[C@H]2CCCC(C(=O)O)c2cccs2)N1. The van der Waals surface area contributed by atoms with Crippen molar-refractivity contribution in [1.29, 1.82) is 0 Å². The second kappa shape index (κ2) is 6.27. The van der Waals surface area contributed by atoms with Gasteiger partial charge >= 0.3 is 12.0 Å². The molecule has 0 spiro atoms. The topological polar surface area (TPSA) is 78.4 Å². The van der Waals surface area contributed by atoms with Crippen molar-refractivity contribution in [2.75, 3.05) is 5.75 Å². The van der Waals surface area contributed by atoms with E-state index in [1.54, 1.807) is 0 Å². The molecule has 2 saturated heterocycles. The standard InChI is InChI=1S/C14H18N2O3S2/c17-13(18)8(10-5-2-6-20-10)3-1-4-11-12-9(7-21-11)15-14(19)16-12/h2,5-6,8-9,11-12H,1,3-4,7H2,(H,17,18)(H2,15,16,19)/t8?,9-,11-,12-/m0/s1. The zero-order chi connectivity index (χ0) is 14.8. The van der Waals surface area contributed by atoms with Crippen LogP contribution in [0.2, 0.25) is 0 Å². The van der Waals surface area contributed by atoms with Gasteiger partial charge in [0.15, 0.2) is 0 Å². The van der Waals surface area contributed by atoms with Gasteiger partial charge in [0.1, 0.15) is 0 Å². The van der Waals surface area contributed by atoms with E-state index >= 15 is 0 Å². The molecule has 1 aromatic heterocycles. The van der Waals surface area contributed by atoms with E-state index in [1.165, 1.54) is 11.3 Å². The van der Waals surface area contributed by atoms with Crippen molar-refractivity contribution in [2.24, 2.45) is 0 Å². The molecule has 21 heavy (non-hydrogen) atoms. The number of carboxylic acids is 1. The predicted molar refractivity (Wildman–Crippen MR) is 84.0 cm³/mol. The Morgan fingerprint density at radius 1 is 1.48 bits per heavy atom. The maximum absolute atomic E-state index is 11.4. The number of carbonyl (C=O) groups excluding carboxylic acids is 1. The minimum absolute atomic E-state index is 0.0719. The fourth-order valence-electron chi connectivity index (χ4n) is 3.04. The molecular weight excluding hydrogens is 308 g/mol. The summed E-state index contributed by atoms with van der Waals surface area (Å²) in [5, 5.41) is 17.6. The summed E-state index contributed by atoms with van der Waals surface area (Å²) in [5.41, 5.74) is 0. The second-order valence-corrected chi connectivity index (χ2v) is 7.71. The molecule has 2 aliphatic heterocycles. The van der Waals surface area contributed by atoms with Gasteiger partial charge in [0.05, 0.1) is 18.0 Å². The minimum atomic E-state index is -0.745. The third-order valence-corrected chi connectivity index (χ3v) is 6.60. The summed E-state index contributed by atoms with van der Waals surface area (Å²) in [6, 6.07) is 4.16. The van der Waals surface area contributed by atoms with Gasteiger partial charge in [0.2, 0.25) is 0 Å². The highest BCUT2D eigenvalue weighted by Crippen LogP contribution is 2.34. The van der Waals surface area contributed by atoms with Gasteiger partial charge < -0.3 is 15.7 Å². The van der Waals surface area contributed by atoms with E-state index in [2.05, 4.69) is 10.6 Å². The lowest BCUT2D eigenvalue weighted by atomic mass is 9.97. The number of urea groups is 1. The highest BCUT2D eigenvalue weighted by atomic mass is 32.2. The molecular formula is C14H18N2O3S2. The summed E-state index contributed by atoms with van der Waals surface area (Å²) in [6.07, 6.45) is 2.47. The Morgan fingerprint density at radius 3 is 3.05 bits per heavy atom. The molecule has 0 aliphatic carbocycles. The molecule has 3 rings (SSSR count). The normalized spacial score (nSPS) is 28.8. The van der Waals surface area contributed by atoms with E-state index in [-0.39, 0.29) is 18.1 Å². The smallest absolute Gasteiger partial charge is 0.315 e. The monoisotopic (exact) mass is 326 g/mol. The molecule has 1 aromatic rings. The van der Waals surface area contributed by atoms with Gasteiger partial charge in [0.25, 0.3) is 0 Å². The molecule has 0 bridgehead atoms. The molecule has 7 heteroatoms. The number of fused-ring (bicyclic) bond motifs is 1. The van der Waals surface area contributed by atoms with Gasteiger partial charge in [-0.05, 0) is 24.3 Å². The van der Waals surface area contributed by atoms with Crippen LogP contribution in [0.25, 0.3) is 0 Å². The third kappa shape index (κ3) is 3.18. The Balaban J connectivity index is 1.51. The van der Waals surface area contributed by atoms with Crippen LogP contribution in [-0.4, -0.2) is 40.2 Å². The molecule has 3 heterocycles. The van der Waals surface area contributed by atoms with Crippen molar-refractivity contribution >= 4 is 35.1 Å². The largest absolute Gasteiger partial charge is 0.481 e. The summed E-state index contributed by atoms with van der Waals surface area (Å²) in [4.78, 5) is 23.6. The van der Waals surface area contributed by atoms with Gasteiger partial charge in [-0.15, -0.1) is 11.3 Å². The van der Waals surface area contributed by atoms with Crippen LogP contribution in [0.1, 0.15) is 30.1 Å². The van der Waals surface area contributed by atoms with Crippen LogP contribution in [0.4, 0.5) is 4.79 Å². The maximum atomic E-state index is 11.4. The molecule has 3 N–H and O–H groups in total. The fourth-order valence-corrected chi connectivity index (χ4v) is 5.44. The first-order valence-corrected chi connectivity index (χ1v) is 9.03. The fraction of sp³-hybridized carbons (Fsp3) is 0.571. The first-order valence-electron chi connectivity index (χ1n) is 7.10. The quantitative estimate of drug-likeness (QED) is 0.701. The average molecular weight is 326 g/mol. The lowest BCUT2D eigenvalue weighted by Crippen LogP contribution is -2.36. The lowest BCUT2D eigenvalue weighted by Gasteiger charge is -2.17. The van der Waals surface area contributed by atoms with E-state index < -0.39 is 11.9 Å². The van der Waals surface area contributed by atoms with Crippen molar-refractivity contribution < 1.29 is 14.7 Å². The van der Waals surface area contributed by atoms with Gasteiger partial charge in [-0.1, -0.05) is 12.5 Å². The Kier molecular flexibility index (Phi) is 4.40. The van der Waals surface area contributed by atoms with Crippen LogP contribution in [0.5, 0.6) is 0 Å². The van der Waals surface area contributed by atoms with E-state index in [1.807, 2.05) is 29.3 Å². The van der Waals surface area contributed by atoms with Crippen molar-refractivity contribution in [1.82, 2.24) is 10.6 Å². The van der Waals surface area contributed by atoms with Crippen molar-refractivity contribution in [2.45, 2.75) is 42.5 Å². The molecule has 4 atom stereocenters. The maximum Gasteiger partial charge on any atom is 0.315 e. The Bertz CT molecular complexity index is 520.